The van der Waals surface area contributed by atoms with E-state index in [1.54, 1.807) is 19.2 Å². The molecule has 1 amide bonds. The first-order chi connectivity index (χ1) is 12.2. The van der Waals surface area contributed by atoms with Crippen LogP contribution in [-0.2, 0) is 9.53 Å². The van der Waals surface area contributed by atoms with Gasteiger partial charge in [-0.25, -0.2) is 4.99 Å². The maximum Gasteiger partial charge on any atom is 0.323 e. The van der Waals surface area contributed by atoms with Crippen LogP contribution in [0.2, 0.25) is 0 Å². The van der Waals surface area contributed by atoms with E-state index in [4.69, 9.17) is 15.2 Å². The molecule has 4 rings (SSSR count). The second-order valence-electron chi connectivity index (χ2n) is 5.68. The fourth-order valence-corrected chi connectivity index (χ4v) is 2.76. The van der Waals surface area contributed by atoms with Crippen LogP contribution in [-0.4, -0.2) is 36.0 Å². The minimum Gasteiger partial charge on any atom is -0.497 e. The number of aliphatic imine (C=N–C) groups is 1. The maximum absolute atomic E-state index is 12.6. The Kier molecular flexibility index (Phi) is 3.70. The molecule has 2 aromatic carbocycles. The second-order valence-corrected chi connectivity index (χ2v) is 5.68. The average molecular weight is 336 g/mol. The number of rotatable bonds is 3. The molecule has 0 aliphatic carbocycles. The maximum atomic E-state index is 12.6. The van der Waals surface area contributed by atoms with Crippen molar-refractivity contribution in [3.05, 3.63) is 65.7 Å². The fraction of sp³-hybridized carbons (Fsp3) is 0.167. The lowest BCUT2D eigenvalue weighted by molar-refractivity contribution is -0.130. The summed E-state index contributed by atoms with van der Waals surface area (Å²) in [4.78, 5) is 17.1. The lowest BCUT2D eigenvalue weighted by atomic mass is 9.98. The summed E-state index contributed by atoms with van der Waals surface area (Å²) in [7, 11) is 1.60. The molecule has 2 N–H and O–H groups in total. The van der Waals surface area contributed by atoms with Crippen molar-refractivity contribution >= 4 is 17.8 Å². The number of hydrazone groups is 1. The minimum atomic E-state index is -0.834. The van der Waals surface area contributed by atoms with E-state index in [0.29, 0.717) is 5.90 Å². The molecule has 25 heavy (non-hydrogen) atoms. The molecule has 2 atom stereocenters. The van der Waals surface area contributed by atoms with Gasteiger partial charge in [0.2, 0.25) is 5.90 Å². The van der Waals surface area contributed by atoms with Crippen LogP contribution in [0.25, 0.3) is 0 Å². The molecule has 7 nitrogen and oxygen atoms in total. The van der Waals surface area contributed by atoms with E-state index < -0.39 is 12.1 Å². The molecule has 126 valence electrons. The number of carbonyl (C=O) groups excluding carboxylic acids is 1. The Morgan fingerprint density at radius 3 is 2.52 bits per heavy atom. The van der Waals surface area contributed by atoms with E-state index in [0.717, 1.165) is 21.9 Å². The number of amidine groups is 1. The highest BCUT2D eigenvalue weighted by molar-refractivity contribution is 6.11. The molecule has 2 aliphatic rings. The van der Waals surface area contributed by atoms with Crippen molar-refractivity contribution in [3.8, 4) is 5.75 Å². The third-order valence-electron chi connectivity index (χ3n) is 4.12. The topological polar surface area (TPSA) is 89.5 Å². The number of nitrogens with zero attached hydrogens (tertiary/aromatic N) is 3. The third-order valence-corrected chi connectivity index (χ3v) is 4.12. The van der Waals surface area contributed by atoms with E-state index in [-0.39, 0.29) is 11.9 Å². The van der Waals surface area contributed by atoms with E-state index >= 15 is 0 Å². The predicted molar refractivity (Wildman–Crippen MR) is 92.1 cm³/mol. The van der Waals surface area contributed by atoms with Gasteiger partial charge in [-0.15, -0.1) is 10.1 Å². The number of carbonyl (C=O) groups is 1. The van der Waals surface area contributed by atoms with E-state index in [2.05, 4.69) is 10.1 Å². The van der Waals surface area contributed by atoms with Gasteiger partial charge in [0, 0.05) is 5.56 Å². The number of amides is 1. The Balaban J connectivity index is 1.66. The molecule has 2 aliphatic heterocycles. The van der Waals surface area contributed by atoms with Crippen molar-refractivity contribution in [3.63, 3.8) is 0 Å². The van der Waals surface area contributed by atoms with Crippen LogP contribution in [0, 0.1) is 0 Å². The molecule has 0 saturated heterocycles. The van der Waals surface area contributed by atoms with Crippen LogP contribution in [0.4, 0.5) is 0 Å². The van der Waals surface area contributed by atoms with E-state index in [1.807, 2.05) is 42.5 Å². The molecule has 7 heteroatoms. The zero-order valence-electron chi connectivity index (χ0n) is 13.5. The van der Waals surface area contributed by atoms with Gasteiger partial charge in [0.25, 0.3) is 5.91 Å². The molecule has 0 radical (unpaired) electrons. The summed E-state index contributed by atoms with van der Waals surface area (Å²) in [6.07, 6.45) is 0. The quantitative estimate of drug-likeness (QED) is 0.923. The largest absolute Gasteiger partial charge is 0.497 e. The standard InChI is InChI=1S/C18H16N4O3/c1-24-13-9-7-11(8-10-13)15-14(19)17(23)22-18(20-15)25-16(21-22)12-5-3-2-4-6-12/h2-10,14-15H,19H2,1H3/t14-,15+/m0/s1. The summed E-state index contributed by atoms with van der Waals surface area (Å²) < 4.78 is 10.8. The Morgan fingerprint density at radius 1 is 1.12 bits per heavy atom. The highest BCUT2D eigenvalue weighted by Gasteiger charge is 2.42. The molecule has 0 aromatic heterocycles. The monoisotopic (exact) mass is 336 g/mol. The number of hydrogen-bond acceptors (Lipinski definition) is 6. The molecule has 2 aromatic rings. The Labute approximate surface area is 144 Å². The van der Waals surface area contributed by atoms with Gasteiger partial charge in [-0.1, -0.05) is 30.3 Å². The van der Waals surface area contributed by atoms with Gasteiger partial charge in [0.15, 0.2) is 0 Å². The van der Waals surface area contributed by atoms with Crippen molar-refractivity contribution in [1.29, 1.82) is 0 Å². The number of hydrogen-bond donors (Lipinski definition) is 1. The van der Waals surface area contributed by atoms with Gasteiger partial charge in [0.1, 0.15) is 17.8 Å². The third kappa shape index (κ3) is 2.64. The van der Waals surface area contributed by atoms with Crippen LogP contribution >= 0.6 is 0 Å². The first kappa shape index (κ1) is 15.3. The predicted octanol–water partition coefficient (Wildman–Crippen LogP) is 1.65. The Bertz CT molecular complexity index is 862. The van der Waals surface area contributed by atoms with Crippen LogP contribution < -0.4 is 10.5 Å². The first-order valence-corrected chi connectivity index (χ1v) is 7.80. The molecule has 0 saturated carbocycles. The number of fused-ring (bicyclic) bond motifs is 1. The lowest BCUT2D eigenvalue weighted by Crippen LogP contribution is -2.49. The highest BCUT2D eigenvalue weighted by Crippen LogP contribution is 2.30. The Morgan fingerprint density at radius 2 is 1.84 bits per heavy atom. The van der Waals surface area contributed by atoms with Crippen molar-refractivity contribution in [2.75, 3.05) is 7.11 Å². The lowest BCUT2D eigenvalue weighted by Gasteiger charge is -2.27. The molecule has 0 unspecified atom stereocenters. The van der Waals surface area contributed by atoms with Gasteiger partial charge in [0.05, 0.1) is 7.11 Å². The van der Waals surface area contributed by atoms with Gasteiger partial charge >= 0.3 is 6.02 Å². The number of nitrogens with two attached hydrogens (primary N) is 1. The molecule has 0 spiro atoms. The van der Waals surface area contributed by atoms with Crippen molar-refractivity contribution in [1.82, 2.24) is 5.01 Å². The van der Waals surface area contributed by atoms with Crippen molar-refractivity contribution in [2.45, 2.75) is 12.1 Å². The van der Waals surface area contributed by atoms with Crippen molar-refractivity contribution in [2.24, 2.45) is 15.8 Å². The van der Waals surface area contributed by atoms with Crippen LogP contribution in [0.3, 0.4) is 0 Å². The molecule has 2 heterocycles. The normalized spacial score (nSPS) is 22.0. The average Bonchev–Trinajstić information content (AvgIpc) is 3.10. The Hall–Kier alpha value is -3.19. The molecule has 0 bridgehead atoms. The number of methoxy groups -OCH3 is 1. The van der Waals surface area contributed by atoms with Gasteiger partial charge in [-0.05, 0) is 29.8 Å². The summed E-state index contributed by atoms with van der Waals surface area (Å²) in [5, 5.41) is 5.35. The molecular formula is C18H16N4O3. The van der Waals surface area contributed by atoms with E-state index in [1.165, 1.54) is 0 Å². The van der Waals surface area contributed by atoms with Crippen LogP contribution in [0.5, 0.6) is 5.75 Å². The van der Waals surface area contributed by atoms with Gasteiger partial charge < -0.3 is 15.2 Å². The highest BCUT2D eigenvalue weighted by atomic mass is 16.5. The second kappa shape index (κ2) is 6.03. The van der Waals surface area contributed by atoms with Gasteiger partial charge in [-0.3, -0.25) is 4.79 Å². The zero-order chi connectivity index (χ0) is 17.4. The smallest absolute Gasteiger partial charge is 0.323 e. The summed E-state index contributed by atoms with van der Waals surface area (Å²) in [5.41, 5.74) is 7.69. The summed E-state index contributed by atoms with van der Waals surface area (Å²) in [6, 6.07) is 15.4. The number of ether oxygens (including phenoxy) is 2. The molecule has 0 fully saturated rings. The minimum absolute atomic E-state index is 0.145. The first-order valence-electron chi connectivity index (χ1n) is 7.80. The molecular weight excluding hydrogens is 320 g/mol. The van der Waals surface area contributed by atoms with Crippen molar-refractivity contribution < 1.29 is 14.3 Å². The summed E-state index contributed by atoms with van der Waals surface area (Å²) in [6.45, 7) is 0. The number of benzene rings is 2. The summed E-state index contributed by atoms with van der Waals surface area (Å²) >= 11 is 0. The van der Waals surface area contributed by atoms with Crippen LogP contribution in [0.1, 0.15) is 17.2 Å². The van der Waals surface area contributed by atoms with E-state index in [9.17, 15) is 4.79 Å². The zero-order valence-corrected chi connectivity index (χ0v) is 13.5. The van der Waals surface area contributed by atoms with Crippen LogP contribution in [0.15, 0.2) is 64.7 Å². The SMILES string of the molecule is COc1ccc([C@H]2N=C3OC(c4ccccc4)=NN3C(=O)[C@H]2N)cc1. The van der Waals surface area contributed by atoms with Gasteiger partial charge in [-0.2, -0.15) is 0 Å². The summed E-state index contributed by atoms with van der Waals surface area (Å²) in [5.74, 6) is 0.701. The fourth-order valence-electron chi connectivity index (χ4n) is 2.76.